The van der Waals surface area contributed by atoms with E-state index in [9.17, 15) is 0 Å². The molecule has 1 unspecified atom stereocenters. The van der Waals surface area contributed by atoms with Crippen LogP contribution < -0.4 is 5.32 Å². The molecule has 1 aromatic heterocycles. The molecule has 0 saturated carbocycles. The molecule has 3 rings (SSSR count). The minimum atomic E-state index is 0.687. The molecular weight excluding hydrogens is 202 g/mol. The van der Waals surface area contributed by atoms with Crippen LogP contribution in [0.2, 0.25) is 0 Å². The zero-order chi connectivity index (χ0) is 11.0. The lowest BCUT2D eigenvalue weighted by Gasteiger charge is -2.17. The van der Waals surface area contributed by atoms with E-state index in [2.05, 4.69) is 21.8 Å². The number of ether oxygens (including phenoxy) is 1. The summed E-state index contributed by atoms with van der Waals surface area (Å²) in [7, 11) is 0. The Labute approximate surface area is 96.0 Å². The summed E-state index contributed by atoms with van der Waals surface area (Å²) in [6, 6.07) is 0. The fourth-order valence-corrected chi connectivity index (χ4v) is 2.73. The van der Waals surface area contributed by atoms with Crippen molar-refractivity contribution in [1.82, 2.24) is 14.9 Å². The van der Waals surface area contributed by atoms with Crippen LogP contribution in [0.15, 0.2) is 0 Å². The van der Waals surface area contributed by atoms with Crippen molar-refractivity contribution in [2.75, 3.05) is 19.8 Å². The third-order valence-corrected chi connectivity index (χ3v) is 3.64. The van der Waals surface area contributed by atoms with Gasteiger partial charge in [0.05, 0.1) is 12.3 Å². The van der Waals surface area contributed by atoms with E-state index < -0.39 is 0 Å². The SMILES string of the molecule is Cc1nc2c(n1CC1CCOC1)CCNC2. The van der Waals surface area contributed by atoms with Crippen molar-refractivity contribution in [2.24, 2.45) is 5.92 Å². The molecule has 88 valence electrons. The molecule has 3 heterocycles. The molecule has 0 radical (unpaired) electrons. The van der Waals surface area contributed by atoms with Gasteiger partial charge in [-0.15, -0.1) is 0 Å². The van der Waals surface area contributed by atoms with Gasteiger partial charge in [-0.1, -0.05) is 0 Å². The topological polar surface area (TPSA) is 39.1 Å². The highest BCUT2D eigenvalue weighted by atomic mass is 16.5. The summed E-state index contributed by atoms with van der Waals surface area (Å²) in [6.45, 7) is 7.08. The first kappa shape index (κ1) is 10.3. The highest BCUT2D eigenvalue weighted by Crippen LogP contribution is 2.21. The monoisotopic (exact) mass is 221 g/mol. The fraction of sp³-hybridized carbons (Fsp3) is 0.750. The van der Waals surface area contributed by atoms with Crippen molar-refractivity contribution < 1.29 is 4.74 Å². The van der Waals surface area contributed by atoms with E-state index >= 15 is 0 Å². The van der Waals surface area contributed by atoms with Crippen LogP contribution >= 0.6 is 0 Å². The molecule has 1 atom stereocenters. The van der Waals surface area contributed by atoms with Gasteiger partial charge in [0.2, 0.25) is 0 Å². The van der Waals surface area contributed by atoms with Crippen molar-refractivity contribution in [1.29, 1.82) is 0 Å². The molecule has 0 spiro atoms. The van der Waals surface area contributed by atoms with Gasteiger partial charge in [-0.3, -0.25) is 0 Å². The summed E-state index contributed by atoms with van der Waals surface area (Å²) in [5, 5.41) is 3.37. The van der Waals surface area contributed by atoms with Gasteiger partial charge in [0.25, 0.3) is 0 Å². The summed E-state index contributed by atoms with van der Waals surface area (Å²) < 4.78 is 7.86. The Bertz CT molecular complexity index is 380. The maximum Gasteiger partial charge on any atom is 0.106 e. The van der Waals surface area contributed by atoms with Gasteiger partial charge < -0.3 is 14.6 Å². The maximum atomic E-state index is 5.44. The second kappa shape index (κ2) is 4.18. The number of imidazole rings is 1. The summed E-state index contributed by atoms with van der Waals surface area (Å²) in [4.78, 5) is 4.65. The molecule has 2 aliphatic heterocycles. The molecule has 0 aliphatic carbocycles. The Morgan fingerprint density at radius 2 is 2.50 bits per heavy atom. The number of nitrogens with one attached hydrogen (secondary N) is 1. The Balaban J connectivity index is 1.84. The van der Waals surface area contributed by atoms with E-state index in [1.165, 1.54) is 23.6 Å². The fourth-order valence-electron chi connectivity index (χ4n) is 2.73. The van der Waals surface area contributed by atoms with Crippen LogP contribution in [0.1, 0.15) is 23.6 Å². The third-order valence-electron chi connectivity index (χ3n) is 3.64. The summed E-state index contributed by atoms with van der Waals surface area (Å²) >= 11 is 0. The molecule has 4 heteroatoms. The van der Waals surface area contributed by atoms with Gasteiger partial charge in [-0.2, -0.15) is 0 Å². The average molecular weight is 221 g/mol. The molecule has 2 aliphatic rings. The second-order valence-electron chi connectivity index (χ2n) is 4.82. The Hall–Kier alpha value is -0.870. The zero-order valence-electron chi connectivity index (χ0n) is 9.83. The van der Waals surface area contributed by atoms with Crippen LogP contribution in [0.3, 0.4) is 0 Å². The molecule has 1 fully saturated rings. The Morgan fingerprint density at radius 1 is 1.56 bits per heavy atom. The van der Waals surface area contributed by atoms with Gasteiger partial charge in [-0.25, -0.2) is 4.98 Å². The lowest BCUT2D eigenvalue weighted by atomic mass is 10.1. The molecular formula is C12H19N3O. The van der Waals surface area contributed by atoms with Crippen molar-refractivity contribution >= 4 is 0 Å². The van der Waals surface area contributed by atoms with E-state index in [-0.39, 0.29) is 0 Å². The molecule has 4 nitrogen and oxygen atoms in total. The average Bonchev–Trinajstić information content (AvgIpc) is 2.89. The lowest BCUT2D eigenvalue weighted by molar-refractivity contribution is 0.182. The van der Waals surface area contributed by atoms with Crippen molar-refractivity contribution in [3.63, 3.8) is 0 Å². The highest BCUT2D eigenvalue weighted by Gasteiger charge is 2.22. The van der Waals surface area contributed by atoms with Crippen LogP contribution in [0, 0.1) is 12.8 Å². The number of fused-ring (bicyclic) bond motifs is 1. The largest absolute Gasteiger partial charge is 0.381 e. The molecule has 0 bridgehead atoms. The highest BCUT2D eigenvalue weighted by molar-refractivity contribution is 5.19. The van der Waals surface area contributed by atoms with Gasteiger partial charge in [0, 0.05) is 44.3 Å². The third kappa shape index (κ3) is 1.76. The quantitative estimate of drug-likeness (QED) is 0.805. The number of aryl methyl sites for hydroxylation is 1. The lowest BCUT2D eigenvalue weighted by Crippen LogP contribution is -2.26. The van der Waals surface area contributed by atoms with Crippen LogP contribution in [-0.4, -0.2) is 29.3 Å². The molecule has 1 aromatic rings. The minimum absolute atomic E-state index is 0.687. The van der Waals surface area contributed by atoms with Crippen LogP contribution in [0.4, 0.5) is 0 Å². The van der Waals surface area contributed by atoms with Crippen molar-refractivity contribution in [3.05, 3.63) is 17.2 Å². The van der Waals surface area contributed by atoms with E-state index in [1.807, 2.05) is 0 Å². The maximum absolute atomic E-state index is 5.44. The standard InChI is InChI=1S/C12H19N3O/c1-9-14-11-6-13-4-2-12(11)15(9)7-10-3-5-16-8-10/h10,13H,2-8H2,1H3. The normalized spacial score (nSPS) is 24.7. The first-order valence-corrected chi connectivity index (χ1v) is 6.18. The van der Waals surface area contributed by atoms with E-state index in [1.54, 1.807) is 0 Å². The number of aromatic nitrogens is 2. The molecule has 1 N–H and O–H groups in total. The van der Waals surface area contributed by atoms with Crippen molar-refractivity contribution in [3.8, 4) is 0 Å². The summed E-state index contributed by atoms with van der Waals surface area (Å²) in [5.41, 5.74) is 2.70. The molecule has 16 heavy (non-hydrogen) atoms. The minimum Gasteiger partial charge on any atom is -0.381 e. The Kier molecular flexibility index (Phi) is 2.69. The van der Waals surface area contributed by atoms with E-state index in [0.717, 1.165) is 39.3 Å². The van der Waals surface area contributed by atoms with Crippen LogP contribution in [-0.2, 0) is 24.2 Å². The smallest absolute Gasteiger partial charge is 0.106 e. The first-order chi connectivity index (χ1) is 7.84. The van der Waals surface area contributed by atoms with Gasteiger partial charge in [0.15, 0.2) is 0 Å². The van der Waals surface area contributed by atoms with E-state index in [0.29, 0.717) is 5.92 Å². The van der Waals surface area contributed by atoms with E-state index in [4.69, 9.17) is 4.74 Å². The zero-order valence-corrected chi connectivity index (χ0v) is 9.83. The van der Waals surface area contributed by atoms with Crippen LogP contribution in [0.5, 0.6) is 0 Å². The number of hydrogen-bond donors (Lipinski definition) is 1. The molecule has 1 saturated heterocycles. The molecule has 0 amide bonds. The number of rotatable bonds is 2. The van der Waals surface area contributed by atoms with Gasteiger partial charge >= 0.3 is 0 Å². The summed E-state index contributed by atoms with van der Waals surface area (Å²) in [5.74, 6) is 1.85. The van der Waals surface area contributed by atoms with Gasteiger partial charge in [0.1, 0.15) is 5.82 Å². The summed E-state index contributed by atoms with van der Waals surface area (Å²) in [6.07, 6.45) is 2.31. The second-order valence-corrected chi connectivity index (χ2v) is 4.82. The molecule has 0 aromatic carbocycles. The predicted octanol–water partition coefficient (Wildman–Crippen LogP) is 0.874. The van der Waals surface area contributed by atoms with Crippen molar-refractivity contribution in [2.45, 2.75) is 32.9 Å². The van der Waals surface area contributed by atoms with Crippen LogP contribution in [0.25, 0.3) is 0 Å². The number of hydrogen-bond acceptors (Lipinski definition) is 3. The predicted molar refractivity (Wildman–Crippen MR) is 61.3 cm³/mol. The van der Waals surface area contributed by atoms with Gasteiger partial charge in [-0.05, 0) is 13.3 Å². The Morgan fingerprint density at radius 3 is 3.31 bits per heavy atom. The number of nitrogens with zero attached hydrogens (tertiary/aromatic N) is 2. The first-order valence-electron chi connectivity index (χ1n) is 6.18.